The Bertz CT molecular complexity index is 672. The van der Waals surface area contributed by atoms with Crippen molar-refractivity contribution in [2.24, 2.45) is 11.3 Å². The van der Waals surface area contributed by atoms with E-state index in [1.807, 2.05) is 49.9 Å². The van der Waals surface area contributed by atoms with Crippen molar-refractivity contribution >= 4 is 23.2 Å². The predicted molar refractivity (Wildman–Crippen MR) is 114 cm³/mol. The number of hydrogen-bond donors (Lipinski definition) is 2. The maximum absolute atomic E-state index is 12.7. The van der Waals surface area contributed by atoms with Crippen molar-refractivity contribution in [1.82, 2.24) is 4.90 Å². The van der Waals surface area contributed by atoms with Crippen molar-refractivity contribution < 1.29 is 9.59 Å². The molecule has 154 valence electrons. The summed E-state index contributed by atoms with van der Waals surface area (Å²) in [5.74, 6) is 0.00243. The lowest BCUT2D eigenvalue weighted by molar-refractivity contribution is -0.142. The highest BCUT2D eigenvalue weighted by Gasteiger charge is 2.33. The number of anilines is 2. The Kier molecular flexibility index (Phi) is 6.63. The fraction of sp³-hybridized carbons (Fsp3) is 0.652. The lowest BCUT2D eigenvalue weighted by atomic mass is 9.91. The molecule has 5 heteroatoms. The molecule has 3 rings (SSSR count). The van der Waals surface area contributed by atoms with Crippen LogP contribution in [-0.4, -0.2) is 35.8 Å². The SMILES string of the molecule is CC(C)(C)C(=O)N1CCCC(C(=O)Nc2ccc(NC3CCCCC3)cc2)C1. The van der Waals surface area contributed by atoms with E-state index >= 15 is 0 Å². The molecule has 1 unspecified atom stereocenters. The summed E-state index contributed by atoms with van der Waals surface area (Å²) in [5.41, 5.74) is 1.53. The maximum Gasteiger partial charge on any atom is 0.229 e. The van der Waals surface area contributed by atoms with E-state index in [4.69, 9.17) is 0 Å². The highest BCUT2D eigenvalue weighted by molar-refractivity contribution is 5.93. The number of piperidine rings is 1. The molecule has 1 heterocycles. The van der Waals surface area contributed by atoms with Crippen LogP contribution in [0.4, 0.5) is 11.4 Å². The van der Waals surface area contributed by atoms with Crippen molar-refractivity contribution in [2.75, 3.05) is 23.7 Å². The van der Waals surface area contributed by atoms with Crippen LogP contribution < -0.4 is 10.6 Å². The zero-order valence-electron chi connectivity index (χ0n) is 17.6. The van der Waals surface area contributed by atoms with Gasteiger partial charge >= 0.3 is 0 Å². The van der Waals surface area contributed by atoms with Gasteiger partial charge in [0.1, 0.15) is 0 Å². The highest BCUT2D eigenvalue weighted by atomic mass is 16.2. The zero-order chi connectivity index (χ0) is 20.1. The molecule has 0 spiro atoms. The molecule has 5 nitrogen and oxygen atoms in total. The predicted octanol–water partition coefficient (Wildman–Crippen LogP) is 4.65. The summed E-state index contributed by atoms with van der Waals surface area (Å²) in [6, 6.07) is 8.58. The molecule has 2 N–H and O–H groups in total. The van der Waals surface area contributed by atoms with Crippen molar-refractivity contribution in [1.29, 1.82) is 0 Å². The van der Waals surface area contributed by atoms with Gasteiger partial charge in [-0.05, 0) is 49.9 Å². The van der Waals surface area contributed by atoms with Crippen LogP contribution in [0.3, 0.4) is 0 Å². The van der Waals surface area contributed by atoms with E-state index in [1.165, 1.54) is 32.1 Å². The second-order valence-corrected chi connectivity index (χ2v) is 9.39. The third kappa shape index (κ3) is 5.49. The molecule has 2 aliphatic rings. The van der Waals surface area contributed by atoms with Crippen molar-refractivity contribution in [3.8, 4) is 0 Å². The Morgan fingerprint density at radius 1 is 0.929 bits per heavy atom. The van der Waals surface area contributed by atoms with E-state index in [0.717, 1.165) is 30.8 Å². The van der Waals surface area contributed by atoms with Gasteiger partial charge in [0.25, 0.3) is 0 Å². The number of amides is 2. The molecular weight excluding hydrogens is 350 g/mol. The van der Waals surface area contributed by atoms with E-state index in [1.54, 1.807) is 0 Å². The fourth-order valence-electron chi connectivity index (χ4n) is 4.23. The second-order valence-electron chi connectivity index (χ2n) is 9.39. The molecule has 2 amide bonds. The molecule has 1 saturated heterocycles. The van der Waals surface area contributed by atoms with Crippen LogP contribution in [0.15, 0.2) is 24.3 Å². The first-order valence-electron chi connectivity index (χ1n) is 10.8. The van der Waals surface area contributed by atoms with Crippen LogP contribution in [0.25, 0.3) is 0 Å². The van der Waals surface area contributed by atoms with Crippen molar-refractivity contribution in [3.63, 3.8) is 0 Å². The van der Waals surface area contributed by atoms with Crippen LogP contribution in [0, 0.1) is 11.3 Å². The summed E-state index contributed by atoms with van der Waals surface area (Å²) in [7, 11) is 0. The smallest absolute Gasteiger partial charge is 0.229 e. The number of rotatable bonds is 4. The summed E-state index contributed by atoms with van der Waals surface area (Å²) in [6.07, 6.45) is 8.16. The molecule has 0 radical (unpaired) electrons. The molecule has 1 aromatic carbocycles. The molecule has 0 bridgehead atoms. The van der Waals surface area contributed by atoms with E-state index in [-0.39, 0.29) is 17.7 Å². The normalized spacial score (nSPS) is 21.2. The van der Waals surface area contributed by atoms with Crippen molar-refractivity contribution in [3.05, 3.63) is 24.3 Å². The molecule has 1 aromatic rings. The Hall–Kier alpha value is -2.04. The van der Waals surface area contributed by atoms with Gasteiger partial charge in [0.2, 0.25) is 11.8 Å². The number of benzene rings is 1. The second kappa shape index (κ2) is 8.97. The van der Waals surface area contributed by atoms with Crippen LogP contribution in [-0.2, 0) is 9.59 Å². The molecule has 2 fully saturated rings. The number of nitrogens with zero attached hydrogens (tertiary/aromatic N) is 1. The molecule has 1 atom stereocenters. The molecule has 1 aliphatic heterocycles. The molecular formula is C23H35N3O2. The van der Waals surface area contributed by atoms with Gasteiger partial charge in [0, 0.05) is 35.9 Å². The highest BCUT2D eigenvalue weighted by Crippen LogP contribution is 2.25. The molecule has 1 aliphatic carbocycles. The number of carbonyl (C=O) groups excluding carboxylic acids is 2. The van der Waals surface area contributed by atoms with Gasteiger partial charge in [-0.15, -0.1) is 0 Å². The zero-order valence-corrected chi connectivity index (χ0v) is 17.6. The fourth-order valence-corrected chi connectivity index (χ4v) is 4.23. The van der Waals surface area contributed by atoms with Gasteiger partial charge in [-0.3, -0.25) is 9.59 Å². The van der Waals surface area contributed by atoms with Gasteiger partial charge in [-0.25, -0.2) is 0 Å². The third-order valence-corrected chi connectivity index (χ3v) is 5.85. The minimum atomic E-state index is -0.403. The van der Waals surface area contributed by atoms with Gasteiger partial charge in [-0.2, -0.15) is 0 Å². The van der Waals surface area contributed by atoms with Crippen LogP contribution >= 0.6 is 0 Å². The summed E-state index contributed by atoms with van der Waals surface area (Å²) in [5, 5.41) is 6.64. The Morgan fingerprint density at radius 3 is 2.21 bits per heavy atom. The quantitative estimate of drug-likeness (QED) is 0.793. The summed E-state index contributed by atoms with van der Waals surface area (Å²) >= 11 is 0. The lowest BCUT2D eigenvalue weighted by Gasteiger charge is -2.35. The van der Waals surface area contributed by atoms with E-state index in [2.05, 4.69) is 10.6 Å². The third-order valence-electron chi connectivity index (χ3n) is 5.85. The van der Waals surface area contributed by atoms with E-state index in [9.17, 15) is 9.59 Å². The minimum Gasteiger partial charge on any atom is -0.382 e. The van der Waals surface area contributed by atoms with Gasteiger partial charge in [-0.1, -0.05) is 40.0 Å². The Morgan fingerprint density at radius 2 is 1.57 bits per heavy atom. The monoisotopic (exact) mass is 385 g/mol. The summed E-state index contributed by atoms with van der Waals surface area (Å²) < 4.78 is 0. The standard InChI is InChI=1S/C23H35N3O2/c1-23(2,3)22(28)26-15-7-8-17(16-26)21(27)25-20-13-11-19(12-14-20)24-18-9-5-4-6-10-18/h11-14,17-18,24H,4-10,15-16H2,1-3H3,(H,25,27). The van der Waals surface area contributed by atoms with E-state index < -0.39 is 5.41 Å². The summed E-state index contributed by atoms with van der Waals surface area (Å²) in [6.45, 7) is 7.07. The van der Waals surface area contributed by atoms with E-state index in [0.29, 0.717) is 12.6 Å². The van der Waals surface area contributed by atoms with Crippen LogP contribution in [0.2, 0.25) is 0 Å². The average molecular weight is 386 g/mol. The average Bonchev–Trinajstić information content (AvgIpc) is 2.69. The first-order valence-corrected chi connectivity index (χ1v) is 10.8. The minimum absolute atomic E-state index is 0.0133. The number of carbonyl (C=O) groups is 2. The largest absolute Gasteiger partial charge is 0.382 e. The van der Waals surface area contributed by atoms with Crippen LogP contribution in [0.5, 0.6) is 0 Å². The molecule has 28 heavy (non-hydrogen) atoms. The van der Waals surface area contributed by atoms with Crippen molar-refractivity contribution in [2.45, 2.75) is 71.8 Å². The molecule has 0 aromatic heterocycles. The first-order chi connectivity index (χ1) is 13.3. The van der Waals surface area contributed by atoms with Gasteiger partial charge in [0.05, 0.1) is 5.92 Å². The Labute approximate surface area is 169 Å². The number of likely N-dealkylation sites (tertiary alicyclic amines) is 1. The lowest BCUT2D eigenvalue weighted by Crippen LogP contribution is -2.47. The van der Waals surface area contributed by atoms with Gasteiger partial charge < -0.3 is 15.5 Å². The van der Waals surface area contributed by atoms with Crippen LogP contribution in [0.1, 0.15) is 65.7 Å². The van der Waals surface area contributed by atoms with Gasteiger partial charge in [0.15, 0.2) is 0 Å². The Balaban J connectivity index is 1.53. The maximum atomic E-state index is 12.7. The number of nitrogens with one attached hydrogen (secondary N) is 2. The topological polar surface area (TPSA) is 61.4 Å². The number of hydrogen-bond acceptors (Lipinski definition) is 3. The molecule has 1 saturated carbocycles. The first kappa shape index (κ1) is 20.7. The summed E-state index contributed by atoms with van der Waals surface area (Å²) in [4.78, 5) is 27.1.